The number of nitrogens with one attached hydrogen (secondary N) is 3. The second-order valence-corrected chi connectivity index (χ2v) is 4.97. The summed E-state index contributed by atoms with van der Waals surface area (Å²) in [7, 11) is 0. The van der Waals surface area contributed by atoms with Crippen molar-refractivity contribution >= 4 is 5.91 Å². The van der Waals surface area contributed by atoms with Crippen molar-refractivity contribution in [2.45, 2.75) is 37.6 Å². The standard InChI is InChI=1S/C12H18N4O/c17-12(15-9-2-1-5-13-6-9)10-7-14-11(16-10)8-3-4-8/h7-9,13H,1-6H2,(H,14,16)(H,15,17)/t9-/m0/s1. The molecule has 3 N–H and O–H groups in total. The van der Waals surface area contributed by atoms with Gasteiger partial charge in [-0.2, -0.15) is 0 Å². The van der Waals surface area contributed by atoms with Crippen molar-refractivity contribution in [1.82, 2.24) is 20.6 Å². The highest BCUT2D eigenvalue weighted by molar-refractivity contribution is 5.92. The molecule has 0 aromatic carbocycles. The number of carbonyl (C=O) groups is 1. The van der Waals surface area contributed by atoms with E-state index in [4.69, 9.17) is 0 Å². The topological polar surface area (TPSA) is 69.8 Å². The lowest BCUT2D eigenvalue weighted by Crippen LogP contribution is -2.45. The molecule has 1 atom stereocenters. The molecule has 5 heteroatoms. The van der Waals surface area contributed by atoms with Gasteiger partial charge in [-0.1, -0.05) is 0 Å². The molecule has 0 radical (unpaired) electrons. The van der Waals surface area contributed by atoms with Crippen LogP contribution in [0.5, 0.6) is 0 Å². The van der Waals surface area contributed by atoms with Gasteiger partial charge in [-0.05, 0) is 32.2 Å². The predicted molar refractivity (Wildman–Crippen MR) is 63.9 cm³/mol. The Balaban J connectivity index is 1.59. The van der Waals surface area contributed by atoms with Gasteiger partial charge in [-0.3, -0.25) is 4.79 Å². The maximum Gasteiger partial charge on any atom is 0.269 e. The number of aromatic amines is 1. The molecule has 2 aliphatic rings. The fourth-order valence-electron chi connectivity index (χ4n) is 2.25. The molecule has 92 valence electrons. The highest BCUT2D eigenvalue weighted by Crippen LogP contribution is 2.38. The molecule has 2 fully saturated rings. The summed E-state index contributed by atoms with van der Waals surface area (Å²) in [6, 6.07) is 0.254. The van der Waals surface area contributed by atoms with Crippen LogP contribution in [0.15, 0.2) is 6.20 Å². The van der Waals surface area contributed by atoms with Crippen LogP contribution in [0, 0.1) is 0 Å². The molecule has 1 saturated carbocycles. The summed E-state index contributed by atoms with van der Waals surface area (Å²) >= 11 is 0. The summed E-state index contributed by atoms with van der Waals surface area (Å²) in [5.41, 5.74) is 0.595. The minimum absolute atomic E-state index is 0.0295. The van der Waals surface area contributed by atoms with E-state index in [0.717, 1.165) is 31.8 Å². The van der Waals surface area contributed by atoms with Crippen molar-refractivity contribution in [3.8, 4) is 0 Å². The summed E-state index contributed by atoms with van der Waals surface area (Å²) < 4.78 is 0. The molecule has 1 aromatic rings. The Morgan fingerprint density at radius 3 is 3.00 bits per heavy atom. The molecule has 2 heterocycles. The van der Waals surface area contributed by atoms with Crippen molar-refractivity contribution in [2.75, 3.05) is 13.1 Å². The number of imidazole rings is 1. The van der Waals surface area contributed by atoms with Crippen LogP contribution in [0.1, 0.15) is 47.9 Å². The Labute approximate surface area is 100 Å². The van der Waals surface area contributed by atoms with E-state index in [1.807, 2.05) is 0 Å². The number of piperidine rings is 1. The number of rotatable bonds is 3. The van der Waals surface area contributed by atoms with Gasteiger partial charge in [-0.15, -0.1) is 0 Å². The number of hydrogen-bond donors (Lipinski definition) is 3. The lowest BCUT2D eigenvalue weighted by Gasteiger charge is -2.23. The fourth-order valence-corrected chi connectivity index (χ4v) is 2.25. The molecule has 5 nitrogen and oxygen atoms in total. The van der Waals surface area contributed by atoms with Crippen molar-refractivity contribution in [3.63, 3.8) is 0 Å². The second-order valence-electron chi connectivity index (χ2n) is 4.97. The minimum atomic E-state index is -0.0295. The first kappa shape index (κ1) is 10.8. The number of hydrogen-bond acceptors (Lipinski definition) is 3. The number of aromatic nitrogens is 2. The van der Waals surface area contributed by atoms with Crippen LogP contribution < -0.4 is 10.6 Å². The number of nitrogens with zero attached hydrogens (tertiary/aromatic N) is 1. The Hall–Kier alpha value is -1.36. The van der Waals surface area contributed by atoms with E-state index in [2.05, 4.69) is 20.6 Å². The number of H-pyrrole nitrogens is 1. The van der Waals surface area contributed by atoms with Crippen LogP contribution in [0.3, 0.4) is 0 Å². The summed E-state index contributed by atoms with van der Waals surface area (Å²) in [5.74, 6) is 1.50. The van der Waals surface area contributed by atoms with Gasteiger partial charge in [0.25, 0.3) is 5.91 Å². The summed E-state index contributed by atoms with van der Waals surface area (Å²) in [4.78, 5) is 19.3. The van der Waals surface area contributed by atoms with Gasteiger partial charge in [0.05, 0.1) is 6.20 Å². The first-order chi connectivity index (χ1) is 8.33. The molecule has 1 aliphatic heterocycles. The Kier molecular flexibility index (Phi) is 2.84. The zero-order valence-corrected chi connectivity index (χ0v) is 9.83. The van der Waals surface area contributed by atoms with Gasteiger partial charge in [0, 0.05) is 18.5 Å². The molecule has 0 spiro atoms. The van der Waals surface area contributed by atoms with Gasteiger partial charge in [0.2, 0.25) is 0 Å². The van der Waals surface area contributed by atoms with Crippen LogP contribution in [-0.4, -0.2) is 35.0 Å². The first-order valence-corrected chi connectivity index (χ1v) is 6.39. The Morgan fingerprint density at radius 1 is 1.41 bits per heavy atom. The number of amides is 1. The van der Waals surface area contributed by atoms with Crippen LogP contribution in [0.2, 0.25) is 0 Å². The maximum atomic E-state index is 12.0. The smallest absolute Gasteiger partial charge is 0.269 e. The lowest BCUT2D eigenvalue weighted by molar-refractivity contribution is 0.0926. The largest absolute Gasteiger partial charge is 0.347 e. The van der Waals surface area contributed by atoms with Gasteiger partial charge in [0.1, 0.15) is 11.5 Å². The maximum absolute atomic E-state index is 12.0. The number of carbonyl (C=O) groups excluding carboxylic acids is 1. The van der Waals surface area contributed by atoms with Gasteiger partial charge >= 0.3 is 0 Å². The zero-order chi connectivity index (χ0) is 11.7. The third kappa shape index (κ3) is 2.49. The molecule has 1 saturated heterocycles. The van der Waals surface area contributed by atoms with E-state index in [-0.39, 0.29) is 11.9 Å². The molecule has 1 amide bonds. The summed E-state index contributed by atoms with van der Waals surface area (Å²) in [6.45, 7) is 1.93. The molecular weight excluding hydrogens is 216 g/mol. The van der Waals surface area contributed by atoms with Crippen molar-refractivity contribution in [3.05, 3.63) is 17.7 Å². The van der Waals surface area contributed by atoms with E-state index < -0.39 is 0 Å². The molecule has 17 heavy (non-hydrogen) atoms. The fraction of sp³-hybridized carbons (Fsp3) is 0.667. The Bertz CT molecular complexity index is 404. The van der Waals surface area contributed by atoms with E-state index >= 15 is 0 Å². The van der Waals surface area contributed by atoms with Crippen LogP contribution in [0.25, 0.3) is 0 Å². The normalized spacial score (nSPS) is 24.6. The SMILES string of the molecule is O=C(N[C@H]1CCCNC1)c1cnc(C2CC2)[nH]1. The van der Waals surface area contributed by atoms with Crippen molar-refractivity contribution < 1.29 is 4.79 Å². The second kappa shape index (κ2) is 4.49. The molecule has 0 bridgehead atoms. The first-order valence-electron chi connectivity index (χ1n) is 6.39. The van der Waals surface area contributed by atoms with E-state index in [1.54, 1.807) is 6.20 Å². The predicted octanol–water partition coefficient (Wildman–Crippen LogP) is 0.769. The Morgan fingerprint density at radius 2 is 2.29 bits per heavy atom. The van der Waals surface area contributed by atoms with Gasteiger partial charge < -0.3 is 15.6 Å². The highest BCUT2D eigenvalue weighted by atomic mass is 16.2. The molecule has 3 rings (SSSR count). The highest BCUT2D eigenvalue weighted by Gasteiger charge is 2.27. The van der Waals surface area contributed by atoms with Crippen molar-refractivity contribution in [1.29, 1.82) is 0 Å². The summed E-state index contributed by atoms with van der Waals surface area (Å²) in [6.07, 6.45) is 6.23. The monoisotopic (exact) mass is 234 g/mol. The van der Waals surface area contributed by atoms with Gasteiger partial charge in [0.15, 0.2) is 0 Å². The minimum Gasteiger partial charge on any atom is -0.347 e. The summed E-state index contributed by atoms with van der Waals surface area (Å²) in [5, 5.41) is 6.32. The average molecular weight is 234 g/mol. The van der Waals surface area contributed by atoms with Crippen LogP contribution >= 0.6 is 0 Å². The average Bonchev–Trinajstić information content (AvgIpc) is 3.08. The van der Waals surface area contributed by atoms with Crippen LogP contribution in [0.4, 0.5) is 0 Å². The quantitative estimate of drug-likeness (QED) is 0.723. The third-order valence-electron chi connectivity index (χ3n) is 3.44. The molecule has 1 aliphatic carbocycles. The van der Waals surface area contributed by atoms with E-state index in [1.165, 1.54) is 12.8 Å². The lowest BCUT2D eigenvalue weighted by atomic mass is 10.1. The molecular formula is C12H18N4O. The van der Waals surface area contributed by atoms with Crippen molar-refractivity contribution in [2.24, 2.45) is 0 Å². The van der Waals surface area contributed by atoms with Gasteiger partial charge in [-0.25, -0.2) is 4.98 Å². The molecule has 0 unspecified atom stereocenters. The zero-order valence-electron chi connectivity index (χ0n) is 9.83. The van der Waals surface area contributed by atoms with E-state index in [9.17, 15) is 4.79 Å². The van der Waals surface area contributed by atoms with E-state index in [0.29, 0.717) is 11.6 Å². The third-order valence-corrected chi connectivity index (χ3v) is 3.44. The van der Waals surface area contributed by atoms with Crippen LogP contribution in [-0.2, 0) is 0 Å². The molecule has 1 aromatic heterocycles.